The summed E-state index contributed by atoms with van der Waals surface area (Å²) in [4.78, 5) is 0. The Morgan fingerprint density at radius 3 is 2.53 bits per heavy atom. The summed E-state index contributed by atoms with van der Waals surface area (Å²) in [7, 11) is 1.85. The van der Waals surface area contributed by atoms with Crippen molar-refractivity contribution in [2.24, 2.45) is 5.92 Å². The maximum atomic E-state index is 13.4. The van der Waals surface area contributed by atoms with E-state index in [4.69, 9.17) is 0 Å². The van der Waals surface area contributed by atoms with Crippen molar-refractivity contribution >= 4 is 0 Å². The Morgan fingerprint density at radius 1 is 1.27 bits per heavy atom. The minimum atomic E-state index is -0.380. The third-order valence-electron chi connectivity index (χ3n) is 2.83. The summed E-state index contributed by atoms with van der Waals surface area (Å²) >= 11 is 0. The third-order valence-corrected chi connectivity index (χ3v) is 2.83. The van der Waals surface area contributed by atoms with E-state index in [9.17, 15) is 8.78 Å². The van der Waals surface area contributed by atoms with Crippen molar-refractivity contribution in [2.75, 3.05) is 13.6 Å². The Morgan fingerprint density at radius 2 is 1.93 bits per heavy atom. The Hall–Kier alpha value is -0.960. The van der Waals surface area contributed by atoms with Gasteiger partial charge in [-0.05, 0) is 49.2 Å². The Kier molecular flexibility index (Phi) is 4.21. The zero-order valence-electron chi connectivity index (χ0n) is 9.35. The topological polar surface area (TPSA) is 12.0 Å². The molecule has 2 unspecified atom stereocenters. The number of halogens is 2. The molecule has 0 amide bonds. The van der Waals surface area contributed by atoms with Crippen LogP contribution < -0.4 is 5.32 Å². The van der Waals surface area contributed by atoms with E-state index in [1.165, 1.54) is 12.1 Å². The van der Waals surface area contributed by atoms with Gasteiger partial charge < -0.3 is 5.32 Å². The average Bonchev–Trinajstić information content (AvgIpc) is 2.21. The fourth-order valence-electron chi connectivity index (χ4n) is 1.67. The molecule has 0 aliphatic rings. The van der Waals surface area contributed by atoms with E-state index in [1.807, 2.05) is 20.9 Å². The smallest absolute Gasteiger partial charge is 0.126 e. The van der Waals surface area contributed by atoms with Crippen molar-refractivity contribution in [1.29, 1.82) is 0 Å². The molecule has 0 aromatic heterocycles. The summed E-state index contributed by atoms with van der Waals surface area (Å²) in [5.41, 5.74) is 0.456. The molecule has 0 aliphatic heterocycles. The Labute approximate surface area is 89.5 Å². The van der Waals surface area contributed by atoms with Crippen molar-refractivity contribution < 1.29 is 8.78 Å². The molecule has 1 aromatic rings. The molecular formula is C12H17F2N. The molecule has 0 radical (unpaired) electrons. The Balaban J connectivity index is 2.89. The van der Waals surface area contributed by atoms with Crippen LogP contribution in [0.3, 0.4) is 0 Å². The van der Waals surface area contributed by atoms with Gasteiger partial charge in [-0.15, -0.1) is 0 Å². The van der Waals surface area contributed by atoms with Gasteiger partial charge in [0.15, 0.2) is 0 Å². The van der Waals surface area contributed by atoms with Crippen LogP contribution in [0.15, 0.2) is 18.2 Å². The predicted octanol–water partition coefficient (Wildman–Crippen LogP) is 2.92. The number of benzene rings is 1. The standard InChI is InChI=1S/C12H17F2N/c1-8(7-15-3)9(2)11-6-10(13)4-5-12(11)14/h4-6,8-9,15H,7H2,1-3H3. The molecule has 0 heterocycles. The lowest BCUT2D eigenvalue weighted by atomic mass is 9.88. The van der Waals surface area contributed by atoms with Gasteiger partial charge in [0.25, 0.3) is 0 Å². The molecule has 1 aromatic carbocycles. The largest absolute Gasteiger partial charge is 0.319 e. The van der Waals surface area contributed by atoms with Gasteiger partial charge in [-0.1, -0.05) is 13.8 Å². The SMILES string of the molecule is CNCC(C)C(C)c1cc(F)ccc1F. The van der Waals surface area contributed by atoms with Crippen LogP contribution in [0, 0.1) is 17.6 Å². The highest BCUT2D eigenvalue weighted by Crippen LogP contribution is 2.26. The van der Waals surface area contributed by atoms with Gasteiger partial charge in [0.05, 0.1) is 0 Å². The molecule has 1 rings (SSSR count). The predicted molar refractivity (Wildman–Crippen MR) is 57.9 cm³/mol. The first kappa shape index (κ1) is 12.1. The second kappa shape index (κ2) is 5.21. The van der Waals surface area contributed by atoms with Crippen molar-refractivity contribution in [3.8, 4) is 0 Å². The van der Waals surface area contributed by atoms with Crippen LogP contribution in [0.2, 0.25) is 0 Å². The zero-order chi connectivity index (χ0) is 11.4. The summed E-state index contributed by atoms with van der Waals surface area (Å²) in [5, 5.41) is 3.04. The third kappa shape index (κ3) is 2.99. The van der Waals surface area contributed by atoms with Crippen molar-refractivity contribution in [3.05, 3.63) is 35.4 Å². The maximum absolute atomic E-state index is 13.4. The molecule has 0 saturated heterocycles. The number of hydrogen-bond acceptors (Lipinski definition) is 1. The van der Waals surface area contributed by atoms with Gasteiger partial charge in [0.1, 0.15) is 11.6 Å². The highest BCUT2D eigenvalue weighted by molar-refractivity contribution is 5.22. The molecule has 0 aliphatic carbocycles. The summed E-state index contributed by atoms with van der Waals surface area (Å²) < 4.78 is 26.4. The molecule has 84 valence electrons. The van der Waals surface area contributed by atoms with Gasteiger partial charge in [-0.25, -0.2) is 8.78 Å². The maximum Gasteiger partial charge on any atom is 0.126 e. The van der Waals surface area contributed by atoms with Crippen LogP contribution >= 0.6 is 0 Å². The fourth-order valence-corrected chi connectivity index (χ4v) is 1.67. The van der Waals surface area contributed by atoms with E-state index < -0.39 is 0 Å². The molecule has 0 saturated carbocycles. The molecule has 1 nitrogen and oxygen atoms in total. The van der Waals surface area contributed by atoms with Crippen LogP contribution in [0.4, 0.5) is 8.78 Å². The summed E-state index contributed by atoms with van der Waals surface area (Å²) in [6, 6.07) is 3.62. The molecule has 2 atom stereocenters. The first-order valence-corrected chi connectivity index (χ1v) is 5.15. The number of rotatable bonds is 4. The van der Waals surface area contributed by atoms with Gasteiger partial charge in [-0.2, -0.15) is 0 Å². The van der Waals surface area contributed by atoms with Crippen LogP contribution in [0.1, 0.15) is 25.3 Å². The normalized spacial score (nSPS) is 15.0. The van der Waals surface area contributed by atoms with Crippen LogP contribution in [0.25, 0.3) is 0 Å². The van der Waals surface area contributed by atoms with E-state index in [2.05, 4.69) is 5.32 Å². The molecular weight excluding hydrogens is 196 g/mol. The zero-order valence-corrected chi connectivity index (χ0v) is 9.35. The van der Waals surface area contributed by atoms with Crippen LogP contribution in [-0.4, -0.2) is 13.6 Å². The quantitative estimate of drug-likeness (QED) is 0.810. The van der Waals surface area contributed by atoms with Crippen molar-refractivity contribution in [3.63, 3.8) is 0 Å². The molecule has 0 fully saturated rings. The molecule has 0 spiro atoms. The van der Waals surface area contributed by atoms with E-state index in [0.717, 1.165) is 12.6 Å². The minimum absolute atomic E-state index is 0.00755. The average molecular weight is 213 g/mol. The first-order valence-electron chi connectivity index (χ1n) is 5.15. The fraction of sp³-hybridized carbons (Fsp3) is 0.500. The van der Waals surface area contributed by atoms with E-state index in [0.29, 0.717) is 5.56 Å². The summed E-state index contributed by atoms with van der Waals surface area (Å²) in [6.45, 7) is 4.72. The summed E-state index contributed by atoms with van der Waals surface area (Å²) in [5.74, 6) is -0.429. The van der Waals surface area contributed by atoms with Gasteiger partial charge in [0, 0.05) is 0 Å². The van der Waals surface area contributed by atoms with E-state index in [-0.39, 0.29) is 23.5 Å². The highest BCUT2D eigenvalue weighted by Gasteiger charge is 2.17. The van der Waals surface area contributed by atoms with E-state index >= 15 is 0 Å². The first-order chi connectivity index (χ1) is 7.06. The van der Waals surface area contributed by atoms with Gasteiger partial charge in [0.2, 0.25) is 0 Å². The Bertz CT molecular complexity index is 325. The number of nitrogens with one attached hydrogen (secondary N) is 1. The van der Waals surface area contributed by atoms with Crippen molar-refractivity contribution in [1.82, 2.24) is 5.32 Å². The van der Waals surface area contributed by atoms with Crippen LogP contribution in [-0.2, 0) is 0 Å². The van der Waals surface area contributed by atoms with E-state index in [1.54, 1.807) is 0 Å². The van der Waals surface area contributed by atoms with Gasteiger partial charge >= 0.3 is 0 Å². The lowest BCUT2D eigenvalue weighted by Gasteiger charge is -2.20. The lowest BCUT2D eigenvalue weighted by molar-refractivity contribution is 0.446. The minimum Gasteiger partial charge on any atom is -0.319 e. The number of hydrogen-bond donors (Lipinski definition) is 1. The second-order valence-electron chi connectivity index (χ2n) is 3.99. The monoisotopic (exact) mass is 213 g/mol. The molecule has 15 heavy (non-hydrogen) atoms. The molecule has 1 N–H and O–H groups in total. The summed E-state index contributed by atoms with van der Waals surface area (Å²) in [6.07, 6.45) is 0. The van der Waals surface area contributed by atoms with Crippen molar-refractivity contribution in [2.45, 2.75) is 19.8 Å². The second-order valence-corrected chi connectivity index (χ2v) is 3.99. The molecule has 3 heteroatoms. The van der Waals surface area contributed by atoms with Gasteiger partial charge in [-0.3, -0.25) is 0 Å². The van der Waals surface area contributed by atoms with Crippen LogP contribution in [0.5, 0.6) is 0 Å². The highest BCUT2D eigenvalue weighted by atomic mass is 19.1. The molecule has 0 bridgehead atoms. The lowest BCUT2D eigenvalue weighted by Crippen LogP contribution is -2.21.